The molecule has 8 atom stereocenters. The predicted molar refractivity (Wildman–Crippen MR) is 423 cm³/mol. The van der Waals surface area contributed by atoms with Crippen LogP contribution >= 0.6 is 15.6 Å². The van der Waals surface area contributed by atoms with E-state index in [0.29, 0.717) is 25.7 Å². The van der Waals surface area contributed by atoms with Crippen molar-refractivity contribution in [3.63, 3.8) is 0 Å². The van der Waals surface area contributed by atoms with Gasteiger partial charge in [0.15, 0.2) is 12.2 Å². The van der Waals surface area contributed by atoms with Crippen molar-refractivity contribution in [2.45, 2.75) is 458 Å². The zero-order valence-corrected chi connectivity index (χ0v) is 69.6. The molecule has 0 aromatic rings. The van der Waals surface area contributed by atoms with Crippen LogP contribution in [0, 0.1) is 17.8 Å². The molecule has 0 aromatic carbocycles. The van der Waals surface area contributed by atoms with Crippen molar-refractivity contribution < 1.29 is 80.2 Å². The third-order valence-corrected chi connectivity index (χ3v) is 22.6. The minimum absolute atomic E-state index is 0.106. The lowest BCUT2D eigenvalue weighted by molar-refractivity contribution is -0.161. The Kier molecular flexibility index (Phi) is 72.8. The molecule has 0 aromatic heterocycles. The summed E-state index contributed by atoms with van der Waals surface area (Å²) in [4.78, 5) is 73.1. The van der Waals surface area contributed by atoms with Crippen LogP contribution in [0.2, 0.25) is 0 Å². The highest BCUT2D eigenvalue weighted by Gasteiger charge is 2.30. The van der Waals surface area contributed by atoms with Crippen LogP contribution < -0.4 is 0 Å². The fourth-order valence-corrected chi connectivity index (χ4v) is 14.5. The number of aliphatic hydroxyl groups is 1. The van der Waals surface area contributed by atoms with Gasteiger partial charge in [0.2, 0.25) is 0 Å². The van der Waals surface area contributed by atoms with Crippen molar-refractivity contribution in [3.8, 4) is 0 Å². The Morgan fingerprint density at radius 2 is 0.466 bits per heavy atom. The van der Waals surface area contributed by atoms with Gasteiger partial charge in [-0.05, 0) is 43.4 Å². The van der Waals surface area contributed by atoms with Crippen LogP contribution in [0.15, 0.2) is 0 Å². The second-order valence-electron chi connectivity index (χ2n) is 30.9. The van der Waals surface area contributed by atoms with Gasteiger partial charge in [0.05, 0.1) is 26.4 Å². The third-order valence-electron chi connectivity index (χ3n) is 20.7. The molecule has 0 aliphatic heterocycles. The molecule has 0 rings (SSSR count). The highest BCUT2D eigenvalue weighted by atomic mass is 31.2. The van der Waals surface area contributed by atoms with E-state index in [2.05, 4.69) is 48.5 Å². The maximum atomic E-state index is 13.1. The van der Waals surface area contributed by atoms with Crippen LogP contribution in [0.3, 0.4) is 0 Å². The Balaban J connectivity index is 5.21. The topological polar surface area (TPSA) is 237 Å². The van der Waals surface area contributed by atoms with E-state index in [-0.39, 0.29) is 25.7 Å². The van der Waals surface area contributed by atoms with Gasteiger partial charge in [0.1, 0.15) is 19.3 Å². The lowest BCUT2D eigenvalue weighted by Crippen LogP contribution is -2.30. The van der Waals surface area contributed by atoms with E-state index in [1.165, 1.54) is 250 Å². The molecule has 103 heavy (non-hydrogen) atoms. The minimum atomic E-state index is -4.96. The number of phosphoric acid groups is 2. The molecule has 0 bridgehead atoms. The number of ether oxygens (including phenoxy) is 4. The molecule has 0 saturated carbocycles. The second-order valence-corrected chi connectivity index (χ2v) is 33.9. The number of unbranched alkanes of at least 4 members (excludes halogenated alkanes) is 47. The third kappa shape index (κ3) is 74.0. The lowest BCUT2D eigenvalue weighted by Gasteiger charge is -2.21. The van der Waals surface area contributed by atoms with E-state index >= 15 is 0 Å². The number of hydrogen-bond acceptors (Lipinski definition) is 15. The smallest absolute Gasteiger partial charge is 0.462 e. The number of carbonyl (C=O) groups excluding carboxylic acids is 4. The van der Waals surface area contributed by atoms with Gasteiger partial charge >= 0.3 is 39.5 Å². The summed E-state index contributed by atoms with van der Waals surface area (Å²) in [7, 11) is -9.92. The molecule has 612 valence electrons. The molecular weight excluding hydrogens is 1340 g/mol. The largest absolute Gasteiger partial charge is 0.472 e. The number of rotatable bonds is 82. The number of phosphoric ester groups is 2. The maximum Gasteiger partial charge on any atom is 0.472 e. The van der Waals surface area contributed by atoms with Crippen LogP contribution in [0.4, 0.5) is 0 Å². The summed E-state index contributed by atoms with van der Waals surface area (Å²) in [5.41, 5.74) is 0. The molecule has 0 saturated heterocycles. The van der Waals surface area contributed by atoms with Crippen molar-refractivity contribution in [1.29, 1.82) is 0 Å². The van der Waals surface area contributed by atoms with E-state index in [0.717, 1.165) is 108 Å². The van der Waals surface area contributed by atoms with E-state index in [1.807, 2.05) is 0 Å². The van der Waals surface area contributed by atoms with Crippen molar-refractivity contribution >= 4 is 39.5 Å². The molecule has 0 aliphatic carbocycles. The molecule has 0 amide bonds. The SMILES string of the molecule is CCCCCCCCCCCC(=O)OC[C@H](COP(=O)(O)OC[C@H](O)COP(=O)(O)OC[C@@H](COC(=O)CCCCCCCCCCCCCCCCC(C)CC)OC(=O)CCCCCCCCCCCCCCCCCCCCC(C)CC)OC(=O)CCCCCCCCCCCCC(C)CC. The monoisotopic (exact) mass is 1510 g/mol. The van der Waals surface area contributed by atoms with Gasteiger partial charge in [0.25, 0.3) is 0 Å². The number of aliphatic hydroxyl groups excluding tert-OH is 1. The van der Waals surface area contributed by atoms with Gasteiger partial charge in [0, 0.05) is 25.7 Å². The summed E-state index contributed by atoms with van der Waals surface area (Å²) in [5, 5.41) is 10.7. The summed E-state index contributed by atoms with van der Waals surface area (Å²) < 4.78 is 68.8. The average molecular weight is 1510 g/mol. The molecule has 0 heterocycles. The van der Waals surface area contributed by atoms with Crippen molar-refractivity contribution in [3.05, 3.63) is 0 Å². The first-order valence-electron chi connectivity index (χ1n) is 43.5. The maximum absolute atomic E-state index is 13.1. The fourth-order valence-electron chi connectivity index (χ4n) is 12.9. The van der Waals surface area contributed by atoms with E-state index in [1.54, 1.807) is 0 Å². The van der Waals surface area contributed by atoms with Gasteiger partial charge < -0.3 is 33.8 Å². The first-order valence-corrected chi connectivity index (χ1v) is 46.5. The molecule has 5 unspecified atom stereocenters. The van der Waals surface area contributed by atoms with Crippen LogP contribution in [0.5, 0.6) is 0 Å². The normalized spacial score (nSPS) is 14.7. The van der Waals surface area contributed by atoms with Gasteiger partial charge in [-0.1, -0.05) is 389 Å². The number of esters is 4. The lowest BCUT2D eigenvalue weighted by atomic mass is 9.99. The van der Waals surface area contributed by atoms with Gasteiger partial charge in [-0.3, -0.25) is 37.3 Å². The molecular formula is C84H164O17P2. The van der Waals surface area contributed by atoms with E-state index < -0.39 is 97.5 Å². The summed E-state index contributed by atoms with van der Waals surface area (Å²) in [6.45, 7) is 12.1. The van der Waals surface area contributed by atoms with E-state index in [9.17, 15) is 43.2 Å². The predicted octanol–water partition coefficient (Wildman–Crippen LogP) is 25.3. The molecule has 19 heteroatoms. The zero-order chi connectivity index (χ0) is 75.8. The van der Waals surface area contributed by atoms with Gasteiger partial charge in [-0.15, -0.1) is 0 Å². The van der Waals surface area contributed by atoms with Crippen LogP contribution in [0.25, 0.3) is 0 Å². The zero-order valence-electron chi connectivity index (χ0n) is 67.8. The van der Waals surface area contributed by atoms with Crippen LogP contribution in [0.1, 0.15) is 440 Å². The van der Waals surface area contributed by atoms with Crippen molar-refractivity contribution in [1.82, 2.24) is 0 Å². The summed E-state index contributed by atoms with van der Waals surface area (Å²) in [5.74, 6) is 0.416. The van der Waals surface area contributed by atoms with Crippen molar-refractivity contribution in [2.24, 2.45) is 17.8 Å². The quantitative estimate of drug-likeness (QED) is 0.0222. The van der Waals surface area contributed by atoms with Crippen LogP contribution in [-0.4, -0.2) is 96.7 Å². The summed E-state index contributed by atoms with van der Waals surface area (Å²) in [6.07, 6.45) is 63.7. The van der Waals surface area contributed by atoms with Crippen molar-refractivity contribution in [2.75, 3.05) is 39.6 Å². The fraction of sp³-hybridized carbons (Fsp3) is 0.952. The first kappa shape index (κ1) is 101. The Morgan fingerprint density at radius 3 is 0.689 bits per heavy atom. The molecule has 0 spiro atoms. The summed E-state index contributed by atoms with van der Waals surface area (Å²) in [6, 6.07) is 0. The first-order chi connectivity index (χ1) is 49.8. The van der Waals surface area contributed by atoms with Crippen LogP contribution in [-0.2, 0) is 65.4 Å². The Hall–Kier alpha value is -1.94. The van der Waals surface area contributed by atoms with E-state index in [4.69, 9.17) is 37.0 Å². The molecule has 0 radical (unpaired) electrons. The molecule has 0 fully saturated rings. The standard InChI is InChI=1S/C84H164O17P2/c1-8-12-13-14-15-34-44-51-58-65-81(86)94-71-79(101-84(89)68-61-54-47-40-33-32-37-43-50-57-64-77(7)11-4)73-98-102(90,91)96-69-78(85)70-97-103(92,93)99-74-80(72-95-82(87)66-59-52-45-38-30-26-23-22-25-29-36-42-49-56-63-76(6)10-3)100-83(88)67-60-53-46-39-31-27-21-19-17-16-18-20-24-28-35-41-48-55-62-75(5)9-2/h75-80,85H,8-74H2,1-7H3,(H,90,91)(H,92,93)/t75?,76?,77?,78-,79+,80+/m0/s1. The Morgan fingerprint density at radius 1 is 0.272 bits per heavy atom. The Labute approximate surface area is 632 Å². The minimum Gasteiger partial charge on any atom is -0.462 e. The van der Waals surface area contributed by atoms with Gasteiger partial charge in [-0.2, -0.15) is 0 Å². The molecule has 3 N–H and O–H groups in total. The highest BCUT2D eigenvalue weighted by molar-refractivity contribution is 7.47. The molecule has 17 nitrogen and oxygen atoms in total. The highest BCUT2D eigenvalue weighted by Crippen LogP contribution is 2.45. The number of carbonyl (C=O) groups is 4. The molecule has 0 aliphatic rings. The van der Waals surface area contributed by atoms with Gasteiger partial charge in [-0.25, -0.2) is 9.13 Å². The number of hydrogen-bond donors (Lipinski definition) is 3. The summed E-state index contributed by atoms with van der Waals surface area (Å²) >= 11 is 0. The second kappa shape index (κ2) is 74.2. The average Bonchev–Trinajstić information content (AvgIpc) is 0.946. The Bertz CT molecular complexity index is 2000.